The fourth-order valence-electron chi connectivity index (χ4n) is 2.50. The molecule has 112 valence electrons. The van der Waals surface area contributed by atoms with E-state index in [9.17, 15) is 0 Å². The summed E-state index contributed by atoms with van der Waals surface area (Å²) in [5, 5.41) is 4.17. The third kappa shape index (κ3) is 2.84. The Labute approximate surface area is 128 Å². The van der Waals surface area contributed by atoms with Crippen LogP contribution in [0.5, 0.6) is 0 Å². The Bertz CT molecular complexity index is 647. The lowest BCUT2D eigenvalue weighted by Crippen LogP contribution is -2.58. The second-order valence-electron chi connectivity index (χ2n) is 6.03. The molecule has 1 aliphatic heterocycles. The molecule has 21 heavy (non-hydrogen) atoms. The number of anilines is 3. The van der Waals surface area contributed by atoms with E-state index in [0.717, 1.165) is 35.2 Å². The van der Waals surface area contributed by atoms with Crippen LogP contribution in [0, 0.1) is 19.3 Å². The second-order valence-corrected chi connectivity index (χ2v) is 6.83. The molecule has 0 atom stereocenters. The van der Waals surface area contributed by atoms with E-state index in [-0.39, 0.29) is 5.41 Å². The normalized spacial score (nSPS) is 16.7. The molecular formula is C14H20N6S. The van der Waals surface area contributed by atoms with Crippen LogP contribution >= 0.6 is 11.5 Å². The second kappa shape index (κ2) is 5.23. The lowest BCUT2D eigenvalue weighted by molar-refractivity contribution is 0.252. The van der Waals surface area contributed by atoms with Crippen LogP contribution in [0.25, 0.3) is 0 Å². The summed E-state index contributed by atoms with van der Waals surface area (Å²) >= 11 is 1.41. The Balaban J connectivity index is 1.77. The highest BCUT2D eigenvalue weighted by Crippen LogP contribution is 2.34. The van der Waals surface area contributed by atoms with Crippen LogP contribution in [0.1, 0.15) is 18.2 Å². The van der Waals surface area contributed by atoms with E-state index < -0.39 is 0 Å². The minimum atomic E-state index is 0.208. The van der Waals surface area contributed by atoms with Crippen LogP contribution < -0.4 is 16.0 Å². The molecule has 1 fully saturated rings. The number of aromatic nitrogens is 3. The molecule has 0 bridgehead atoms. The summed E-state index contributed by atoms with van der Waals surface area (Å²) in [4.78, 5) is 11.2. The van der Waals surface area contributed by atoms with Gasteiger partial charge >= 0.3 is 0 Å². The highest BCUT2D eigenvalue weighted by atomic mass is 32.1. The molecule has 3 N–H and O–H groups in total. The quantitative estimate of drug-likeness (QED) is 0.900. The molecule has 1 saturated heterocycles. The molecule has 0 aromatic carbocycles. The van der Waals surface area contributed by atoms with Crippen molar-refractivity contribution < 1.29 is 0 Å². The molecule has 7 heteroatoms. The average Bonchev–Trinajstić information content (AvgIpc) is 2.83. The minimum absolute atomic E-state index is 0.208. The molecule has 6 nitrogen and oxygen atoms in total. The molecule has 3 heterocycles. The van der Waals surface area contributed by atoms with Crippen molar-refractivity contribution in [1.82, 2.24) is 14.3 Å². The number of nitrogens with zero attached hydrogens (tertiary/aromatic N) is 4. The van der Waals surface area contributed by atoms with Gasteiger partial charge in [-0.1, -0.05) is 6.92 Å². The lowest BCUT2D eigenvalue weighted by atomic mass is 9.82. The van der Waals surface area contributed by atoms with Gasteiger partial charge in [0.15, 0.2) is 0 Å². The maximum absolute atomic E-state index is 5.80. The Morgan fingerprint density at radius 1 is 1.43 bits per heavy atom. The summed E-state index contributed by atoms with van der Waals surface area (Å²) in [6, 6.07) is 1.99. The van der Waals surface area contributed by atoms with Gasteiger partial charge in [0.05, 0.1) is 5.69 Å². The fourth-order valence-corrected chi connectivity index (χ4v) is 3.16. The van der Waals surface area contributed by atoms with Crippen LogP contribution in [0.2, 0.25) is 0 Å². The van der Waals surface area contributed by atoms with Crippen molar-refractivity contribution in [2.45, 2.75) is 20.8 Å². The van der Waals surface area contributed by atoms with Crippen molar-refractivity contribution in [1.29, 1.82) is 0 Å². The standard InChI is InChI=1S/C14H20N6S/c1-9-5-16-13(17-11-4-10(2)19-21-11)18-12(9)20-7-14(3,6-15)8-20/h4-5H,6-8,15H2,1-3H3,(H,16,17,18). The van der Waals surface area contributed by atoms with Gasteiger partial charge in [-0.3, -0.25) is 0 Å². The number of hydrogen-bond donors (Lipinski definition) is 2. The molecule has 1 aliphatic rings. The van der Waals surface area contributed by atoms with Crippen molar-refractivity contribution >= 4 is 28.3 Å². The smallest absolute Gasteiger partial charge is 0.229 e. The van der Waals surface area contributed by atoms with Crippen LogP contribution in [0.4, 0.5) is 16.8 Å². The summed E-state index contributed by atoms with van der Waals surface area (Å²) in [5.74, 6) is 1.60. The van der Waals surface area contributed by atoms with Gasteiger partial charge in [0.25, 0.3) is 0 Å². The van der Waals surface area contributed by atoms with Gasteiger partial charge in [-0.15, -0.1) is 0 Å². The van der Waals surface area contributed by atoms with Crippen molar-refractivity contribution in [2.24, 2.45) is 11.1 Å². The Kier molecular flexibility index (Phi) is 3.54. The third-order valence-electron chi connectivity index (χ3n) is 3.75. The lowest BCUT2D eigenvalue weighted by Gasteiger charge is -2.48. The zero-order valence-electron chi connectivity index (χ0n) is 12.6. The molecular weight excluding hydrogens is 284 g/mol. The van der Waals surface area contributed by atoms with E-state index in [0.29, 0.717) is 12.5 Å². The molecule has 0 spiro atoms. The van der Waals surface area contributed by atoms with Gasteiger partial charge in [-0.05, 0) is 31.4 Å². The first-order valence-electron chi connectivity index (χ1n) is 6.98. The van der Waals surface area contributed by atoms with E-state index in [1.165, 1.54) is 11.5 Å². The SMILES string of the molecule is Cc1cc(Nc2ncc(C)c(N3CC(C)(CN)C3)n2)sn1. The number of rotatable bonds is 4. The summed E-state index contributed by atoms with van der Waals surface area (Å²) in [6.07, 6.45) is 1.86. The maximum atomic E-state index is 5.80. The number of nitrogens with two attached hydrogens (primary N) is 1. The zero-order valence-corrected chi connectivity index (χ0v) is 13.4. The summed E-state index contributed by atoms with van der Waals surface area (Å²) in [6.45, 7) is 8.81. The first-order valence-corrected chi connectivity index (χ1v) is 7.75. The molecule has 0 amide bonds. The maximum Gasteiger partial charge on any atom is 0.229 e. The third-order valence-corrected chi connectivity index (χ3v) is 4.54. The van der Waals surface area contributed by atoms with Crippen LogP contribution in [0.3, 0.4) is 0 Å². The fraction of sp³-hybridized carbons (Fsp3) is 0.500. The monoisotopic (exact) mass is 304 g/mol. The highest BCUT2D eigenvalue weighted by Gasteiger charge is 2.38. The molecule has 3 rings (SSSR count). The topological polar surface area (TPSA) is 80.0 Å². The van der Waals surface area contributed by atoms with Gasteiger partial charge in [-0.25, -0.2) is 4.98 Å². The van der Waals surface area contributed by atoms with E-state index in [1.54, 1.807) is 0 Å². The zero-order chi connectivity index (χ0) is 15.0. The van der Waals surface area contributed by atoms with E-state index in [4.69, 9.17) is 5.73 Å². The molecule has 0 unspecified atom stereocenters. The van der Waals surface area contributed by atoms with Crippen molar-refractivity contribution in [3.8, 4) is 0 Å². The van der Waals surface area contributed by atoms with Crippen molar-refractivity contribution in [2.75, 3.05) is 29.9 Å². The van der Waals surface area contributed by atoms with E-state index in [2.05, 4.69) is 31.5 Å². The summed E-state index contributed by atoms with van der Waals surface area (Å²) < 4.78 is 4.24. The van der Waals surface area contributed by atoms with E-state index in [1.807, 2.05) is 26.1 Å². The Morgan fingerprint density at radius 3 is 2.81 bits per heavy atom. The first-order chi connectivity index (χ1) is 9.99. The van der Waals surface area contributed by atoms with Crippen LogP contribution in [-0.4, -0.2) is 34.0 Å². The number of hydrogen-bond acceptors (Lipinski definition) is 7. The van der Waals surface area contributed by atoms with Gasteiger partial charge in [0.2, 0.25) is 5.95 Å². The molecule has 2 aromatic rings. The Hall–Kier alpha value is -1.73. The molecule has 2 aromatic heterocycles. The predicted octanol–water partition coefficient (Wildman–Crippen LogP) is 2.08. The average molecular weight is 304 g/mol. The Morgan fingerprint density at radius 2 is 2.19 bits per heavy atom. The van der Waals surface area contributed by atoms with Crippen LogP contribution in [-0.2, 0) is 0 Å². The summed E-state index contributed by atoms with van der Waals surface area (Å²) in [5.41, 5.74) is 8.09. The number of aryl methyl sites for hydroxylation is 2. The minimum Gasteiger partial charge on any atom is -0.355 e. The molecule has 0 aliphatic carbocycles. The molecule has 0 saturated carbocycles. The van der Waals surface area contributed by atoms with Gasteiger partial charge in [0.1, 0.15) is 10.8 Å². The van der Waals surface area contributed by atoms with Crippen molar-refractivity contribution in [3.05, 3.63) is 23.5 Å². The van der Waals surface area contributed by atoms with Gasteiger partial charge in [0, 0.05) is 36.8 Å². The molecule has 0 radical (unpaired) electrons. The predicted molar refractivity (Wildman–Crippen MR) is 86.3 cm³/mol. The van der Waals surface area contributed by atoms with E-state index >= 15 is 0 Å². The van der Waals surface area contributed by atoms with Crippen molar-refractivity contribution in [3.63, 3.8) is 0 Å². The highest BCUT2D eigenvalue weighted by molar-refractivity contribution is 7.10. The van der Waals surface area contributed by atoms with Gasteiger partial charge in [-0.2, -0.15) is 9.36 Å². The van der Waals surface area contributed by atoms with Gasteiger partial charge < -0.3 is 16.0 Å². The summed E-state index contributed by atoms with van der Waals surface area (Å²) in [7, 11) is 0. The largest absolute Gasteiger partial charge is 0.355 e. The number of nitrogens with one attached hydrogen (secondary N) is 1. The van der Waals surface area contributed by atoms with Crippen LogP contribution in [0.15, 0.2) is 12.3 Å². The first kappa shape index (κ1) is 14.2.